The molecule has 2 N–H and O–H groups in total. The van der Waals surface area contributed by atoms with Gasteiger partial charge in [0.05, 0.1) is 5.41 Å². The fourth-order valence-electron chi connectivity index (χ4n) is 1.99. The largest absolute Gasteiger partial charge is 0.348 e. The Morgan fingerprint density at radius 2 is 2.22 bits per heavy atom. The number of hydrogen-bond acceptors (Lipinski definition) is 2. The summed E-state index contributed by atoms with van der Waals surface area (Å²) >= 11 is 0. The predicted octanol–water partition coefficient (Wildman–Crippen LogP) is 1.72. The molecule has 0 aromatic heterocycles. The Kier molecular flexibility index (Phi) is 2.95. The molecule has 0 saturated heterocycles. The van der Waals surface area contributed by atoms with E-state index in [2.05, 4.69) is 17.2 Å². The third kappa shape index (κ3) is 2.01. The smallest absolute Gasteiger partial charge is 0.243 e. The Morgan fingerprint density at radius 1 is 1.50 bits per heavy atom. The van der Waals surface area contributed by atoms with Crippen LogP contribution in [0.3, 0.4) is 0 Å². The third-order valence-electron chi connectivity index (χ3n) is 3.23. The average Bonchev–Trinajstić information content (AvgIpc) is 2.57. The van der Waals surface area contributed by atoms with Gasteiger partial charge in [-0.05, 0) is 37.1 Å². The molecule has 94 valence electrons. The van der Waals surface area contributed by atoms with Crippen LogP contribution in [0, 0.1) is 0 Å². The number of rotatable bonds is 3. The van der Waals surface area contributed by atoms with Gasteiger partial charge in [0.2, 0.25) is 11.8 Å². The summed E-state index contributed by atoms with van der Waals surface area (Å²) in [6, 6.07) is 5.72. The molecule has 1 aliphatic heterocycles. The summed E-state index contributed by atoms with van der Waals surface area (Å²) in [5.41, 5.74) is 2.27. The first-order valence-corrected chi connectivity index (χ1v) is 5.80. The van der Waals surface area contributed by atoms with Crippen LogP contribution in [0.4, 0.5) is 5.69 Å². The molecule has 0 radical (unpaired) electrons. The van der Waals surface area contributed by atoms with E-state index in [4.69, 9.17) is 0 Å². The van der Waals surface area contributed by atoms with Crippen LogP contribution in [0.15, 0.2) is 30.9 Å². The molecular formula is C14H16N2O2. The number of anilines is 1. The molecule has 4 heteroatoms. The zero-order valence-electron chi connectivity index (χ0n) is 10.5. The SMILES string of the molecule is C=CC(=O)NCc1ccc2c(c1)C(C)(C)C(=O)N2. The normalized spacial score (nSPS) is 15.8. The van der Waals surface area contributed by atoms with Crippen molar-refractivity contribution in [3.8, 4) is 0 Å². The van der Waals surface area contributed by atoms with Gasteiger partial charge in [-0.25, -0.2) is 0 Å². The van der Waals surface area contributed by atoms with Gasteiger partial charge >= 0.3 is 0 Å². The van der Waals surface area contributed by atoms with Crippen molar-refractivity contribution in [1.29, 1.82) is 0 Å². The van der Waals surface area contributed by atoms with Crippen molar-refractivity contribution >= 4 is 17.5 Å². The minimum absolute atomic E-state index is 0.00442. The van der Waals surface area contributed by atoms with Crippen molar-refractivity contribution < 1.29 is 9.59 Å². The highest BCUT2D eigenvalue weighted by molar-refractivity contribution is 6.05. The quantitative estimate of drug-likeness (QED) is 0.795. The van der Waals surface area contributed by atoms with Crippen molar-refractivity contribution in [3.63, 3.8) is 0 Å². The topological polar surface area (TPSA) is 58.2 Å². The van der Waals surface area contributed by atoms with Crippen molar-refractivity contribution in [2.24, 2.45) is 0 Å². The van der Waals surface area contributed by atoms with Crippen molar-refractivity contribution in [2.45, 2.75) is 25.8 Å². The number of benzene rings is 1. The molecule has 18 heavy (non-hydrogen) atoms. The van der Waals surface area contributed by atoms with E-state index < -0.39 is 5.41 Å². The van der Waals surface area contributed by atoms with E-state index in [0.717, 1.165) is 16.8 Å². The fraction of sp³-hybridized carbons (Fsp3) is 0.286. The summed E-state index contributed by atoms with van der Waals surface area (Å²) < 4.78 is 0. The van der Waals surface area contributed by atoms with E-state index in [1.54, 1.807) is 0 Å². The summed E-state index contributed by atoms with van der Waals surface area (Å²) in [6.07, 6.45) is 1.24. The van der Waals surface area contributed by atoms with E-state index in [1.165, 1.54) is 6.08 Å². The molecule has 0 unspecified atom stereocenters. The molecule has 1 aromatic carbocycles. The maximum atomic E-state index is 11.8. The third-order valence-corrected chi connectivity index (χ3v) is 3.23. The van der Waals surface area contributed by atoms with Gasteiger partial charge < -0.3 is 10.6 Å². The molecule has 1 aromatic rings. The summed E-state index contributed by atoms with van der Waals surface area (Å²) in [4.78, 5) is 22.9. The Labute approximate surface area is 106 Å². The van der Waals surface area contributed by atoms with Crippen molar-refractivity contribution in [2.75, 3.05) is 5.32 Å². The molecule has 0 saturated carbocycles. The number of hydrogen-bond donors (Lipinski definition) is 2. The molecule has 2 amide bonds. The Balaban J connectivity index is 2.23. The van der Waals surface area contributed by atoms with Crippen molar-refractivity contribution in [3.05, 3.63) is 42.0 Å². The maximum absolute atomic E-state index is 11.8. The van der Waals surface area contributed by atoms with Gasteiger partial charge in [-0.15, -0.1) is 0 Å². The predicted molar refractivity (Wildman–Crippen MR) is 70.1 cm³/mol. The number of nitrogens with one attached hydrogen (secondary N) is 2. The lowest BCUT2D eigenvalue weighted by Gasteiger charge is -2.15. The molecule has 0 bridgehead atoms. The van der Waals surface area contributed by atoms with Crippen LogP contribution < -0.4 is 10.6 Å². The molecular weight excluding hydrogens is 228 g/mol. The molecule has 0 spiro atoms. The first-order chi connectivity index (χ1) is 8.45. The Hall–Kier alpha value is -2.10. The van der Waals surface area contributed by atoms with E-state index in [0.29, 0.717) is 6.54 Å². The number of carbonyl (C=O) groups is 2. The molecule has 4 nitrogen and oxygen atoms in total. The standard InChI is InChI=1S/C14H16N2O2/c1-4-12(17)15-8-9-5-6-11-10(7-9)14(2,3)13(18)16-11/h4-7H,1,8H2,2-3H3,(H,15,17)(H,16,18). The van der Waals surface area contributed by atoms with Gasteiger partial charge in [0, 0.05) is 12.2 Å². The average molecular weight is 244 g/mol. The highest BCUT2D eigenvalue weighted by Crippen LogP contribution is 2.37. The van der Waals surface area contributed by atoms with Gasteiger partial charge in [0.15, 0.2) is 0 Å². The van der Waals surface area contributed by atoms with Crippen LogP contribution in [0.2, 0.25) is 0 Å². The van der Waals surface area contributed by atoms with E-state index in [9.17, 15) is 9.59 Å². The minimum Gasteiger partial charge on any atom is -0.348 e. The molecule has 1 aliphatic rings. The lowest BCUT2D eigenvalue weighted by molar-refractivity contribution is -0.119. The van der Waals surface area contributed by atoms with Gasteiger partial charge in [-0.2, -0.15) is 0 Å². The molecule has 1 heterocycles. The summed E-state index contributed by atoms with van der Waals surface area (Å²) in [5, 5.41) is 5.56. The van der Waals surface area contributed by atoms with E-state index in [-0.39, 0.29) is 11.8 Å². The summed E-state index contributed by atoms with van der Waals surface area (Å²) in [7, 11) is 0. The van der Waals surface area contributed by atoms with Crippen LogP contribution in [0.25, 0.3) is 0 Å². The van der Waals surface area contributed by atoms with E-state index >= 15 is 0 Å². The van der Waals surface area contributed by atoms with Crippen LogP contribution >= 0.6 is 0 Å². The maximum Gasteiger partial charge on any atom is 0.243 e. The lowest BCUT2D eigenvalue weighted by atomic mass is 9.85. The second-order valence-electron chi connectivity index (χ2n) is 4.88. The second-order valence-corrected chi connectivity index (χ2v) is 4.88. The van der Waals surface area contributed by atoms with Gasteiger partial charge in [0.25, 0.3) is 0 Å². The molecule has 0 atom stereocenters. The summed E-state index contributed by atoms with van der Waals surface area (Å²) in [5.74, 6) is -0.200. The van der Waals surface area contributed by atoms with Gasteiger partial charge in [-0.1, -0.05) is 18.7 Å². The van der Waals surface area contributed by atoms with Crippen LogP contribution in [-0.2, 0) is 21.5 Å². The van der Waals surface area contributed by atoms with Gasteiger partial charge in [-0.3, -0.25) is 9.59 Å². The highest BCUT2D eigenvalue weighted by atomic mass is 16.2. The second kappa shape index (κ2) is 4.29. The van der Waals surface area contributed by atoms with Crippen molar-refractivity contribution in [1.82, 2.24) is 5.32 Å². The number of fused-ring (bicyclic) bond motifs is 1. The molecule has 0 aliphatic carbocycles. The number of carbonyl (C=O) groups excluding carboxylic acids is 2. The van der Waals surface area contributed by atoms with Crippen LogP contribution in [-0.4, -0.2) is 11.8 Å². The monoisotopic (exact) mass is 244 g/mol. The fourth-order valence-corrected chi connectivity index (χ4v) is 1.99. The summed E-state index contributed by atoms with van der Waals surface area (Å²) in [6.45, 7) is 7.61. The Morgan fingerprint density at radius 3 is 2.89 bits per heavy atom. The zero-order valence-corrected chi connectivity index (χ0v) is 10.5. The minimum atomic E-state index is -0.520. The highest BCUT2D eigenvalue weighted by Gasteiger charge is 2.38. The molecule has 0 fully saturated rings. The number of amides is 2. The molecule has 2 rings (SSSR count). The zero-order chi connectivity index (χ0) is 13.3. The van der Waals surface area contributed by atoms with Crippen LogP contribution in [0.1, 0.15) is 25.0 Å². The Bertz CT molecular complexity index is 533. The lowest BCUT2D eigenvalue weighted by Crippen LogP contribution is -2.27. The van der Waals surface area contributed by atoms with E-state index in [1.807, 2.05) is 32.0 Å². The first kappa shape index (κ1) is 12.4. The van der Waals surface area contributed by atoms with Gasteiger partial charge in [0.1, 0.15) is 0 Å². The first-order valence-electron chi connectivity index (χ1n) is 5.80. The van der Waals surface area contributed by atoms with Crippen LogP contribution in [0.5, 0.6) is 0 Å².